The van der Waals surface area contributed by atoms with Crippen molar-refractivity contribution in [2.24, 2.45) is 0 Å². The Morgan fingerprint density at radius 3 is 2.52 bits per heavy atom. The van der Waals surface area contributed by atoms with Crippen LogP contribution in [0.25, 0.3) is 0 Å². The van der Waals surface area contributed by atoms with Gasteiger partial charge in [0.15, 0.2) is 0 Å². The highest BCUT2D eigenvalue weighted by Crippen LogP contribution is 2.22. The molecule has 0 atom stereocenters. The van der Waals surface area contributed by atoms with E-state index in [-0.39, 0.29) is 18.0 Å². The summed E-state index contributed by atoms with van der Waals surface area (Å²) >= 11 is 0. The van der Waals surface area contributed by atoms with Crippen molar-refractivity contribution >= 4 is 29.0 Å². The van der Waals surface area contributed by atoms with Crippen molar-refractivity contribution in [3.05, 3.63) is 64.7 Å². The summed E-state index contributed by atoms with van der Waals surface area (Å²) in [4.78, 5) is 35.3. The van der Waals surface area contributed by atoms with Crippen LogP contribution >= 0.6 is 0 Å². The molecule has 4 rings (SSSR count). The lowest BCUT2D eigenvalue weighted by Crippen LogP contribution is -2.31. The second kappa shape index (κ2) is 9.38. The largest absolute Gasteiger partial charge is 0.341 e. The van der Waals surface area contributed by atoms with E-state index < -0.39 is 0 Å². The van der Waals surface area contributed by atoms with Crippen LogP contribution in [0, 0.1) is 6.92 Å². The van der Waals surface area contributed by atoms with Crippen LogP contribution < -0.4 is 21.1 Å². The Hall–Kier alpha value is -3.75. The minimum atomic E-state index is -0.320. The van der Waals surface area contributed by atoms with E-state index in [4.69, 9.17) is 0 Å². The van der Waals surface area contributed by atoms with Gasteiger partial charge in [-0.2, -0.15) is 10.1 Å². The molecule has 0 unspecified atom stereocenters. The van der Waals surface area contributed by atoms with Gasteiger partial charge in [-0.3, -0.25) is 9.59 Å². The van der Waals surface area contributed by atoms with Gasteiger partial charge in [0.2, 0.25) is 11.9 Å². The third-order valence-electron chi connectivity index (χ3n) is 5.00. The Bertz CT molecular complexity index is 1110. The van der Waals surface area contributed by atoms with Gasteiger partial charge in [-0.15, -0.1) is 0 Å². The number of rotatable bonds is 6. The molecule has 1 fully saturated rings. The van der Waals surface area contributed by atoms with Crippen molar-refractivity contribution in [1.82, 2.24) is 19.7 Å². The molecule has 3 aromatic rings. The fourth-order valence-corrected chi connectivity index (χ4v) is 3.48. The predicted molar refractivity (Wildman–Crippen MR) is 120 cm³/mol. The van der Waals surface area contributed by atoms with Gasteiger partial charge in [0, 0.05) is 48.5 Å². The van der Waals surface area contributed by atoms with Crippen LogP contribution in [0.2, 0.25) is 0 Å². The molecule has 0 aliphatic carbocycles. The summed E-state index contributed by atoms with van der Waals surface area (Å²) < 4.78 is 1.11. The van der Waals surface area contributed by atoms with Crippen LogP contribution in [0.3, 0.4) is 0 Å². The first-order valence-electron chi connectivity index (χ1n) is 10.4. The zero-order valence-electron chi connectivity index (χ0n) is 17.4. The van der Waals surface area contributed by atoms with Crippen LogP contribution in [0.5, 0.6) is 0 Å². The number of aromatic nitrogens is 4. The summed E-state index contributed by atoms with van der Waals surface area (Å²) in [5, 5.41) is 9.96. The summed E-state index contributed by atoms with van der Waals surface area (Å²) in [5.74, 6) is 1.18. The molecule has 31 heavy (non-hydrogen) atoms. The van der Waals surface area contributed by atoms with Gasteiger partial charge in [0.25, 0.3) is 5.56 Å². The van der Waals surface area contributed by atoms with Crippen molar-refractivity contribution in [1.29, 1.82) is 0 Å². The monoisotopic (exact) mass is 419 g/mol. The van der Waals surface area contributed by atoms with Crippen LogP contribution in [0.15, 0.2) is 53.5 Å². The molecule has 9 heteroatoms. The highest BCUT2D eigenvalue weighted by molar-refractivity contribution is 5.90. The topological polar surface area (TPSA) is 105 Å². The van der Waals surface area contributed by atoms with Gasteiger partial charge in [-0.1, -0.05) is 0 Å². The summed E-state index contributed by atoms with van der Waals surface area (Å²) in [6, 6.07) is 12.1. The van der Waals surface area contributed by atoms with Gasteiger partial charge in [0.05, 0.1) is 0 Å². The number of anilines is 4. The van der Waals surface area contributed by atoms with E-state index in [0.717, 1.165) is 40.9 Å². The van der Waals surface area contributed by atoms with Gasteiger partial charge in [-0.05, 0) is 56.5 Å². The van der Waals surface area contributed by atoms with Crippen molar-refractivity contribution in [2.75, 3.05) is 28.6 Å². The number of nitrogens with one attached hydrogen (secondary N) is 2. The van der Waals surface area contributed by atoms with Crippen molar-refractivity contribution < 1.29 is 4.79 Å². The first kappa shape index (κ1) is 20.5. The van der Waals surface area contributed by atoms with E-state index in [1.54, 1.807) is 12.1 Å². The SMILES string of the molecule is Cc1cc(Nc2ccc(NC(=O)Cn3ncccc3=O)cc2)nc(N2CCCCC2)n1. The van der Waals surface area contributed by atoms with Crippen LogP contribution in [-0.2, 0) is 11.3 Å². The first-order chi connectivity index (χ1) is 15.1. The summed E-state index contributed by atoms with van der Waals surface area (Å²) in [6.45, 7) is 3.80. The maximum Gasteiger partial charge on any atom is 0.267 e. The molecule has 1 saturated heterocycles. The zero-order valence-corrected chi connectivity index (χ0v) is 17.4. The number of aryl methyl sites for hydroxylation is 1. The molecular formula is C22H25N7O2. The molecule has 9 nitrogen and oxygen atoms in total. The molecule has 1 aromatic carbocycles. The summed E-state index contributed by atoms with van der Waals surface area (Å²) in [5.41, 5.74) is 2.07. The minimum Gasteiger partial charge on any atom is -0.341 e. The Labute approximate surface area is 180 Å². The molecule has 160 valence electrons. The number of amides is 1. The highest BCUT2D eigenvalue weighted by Gasteiger charge is 2.15. The van der Waals surface area contributed by atoms with Crippen LogP contribution in [0.1, 0.15) is 25.0 Å². The van der Waals surface area contributed by atoms with E-state index >= 15 is 0 Å². The maximum absolute atomic E-state index is 12.2. The molecule has 2 aromatic heterocycles. The quantitative estimate of drug-likeness (QED) is 0.633. The van der Waals surface area contributed by atoms with Gasteiger partial charge < -0.3 is 15.5 Å². The summed E-state index contributed by atoms with van der Waals surface area (Å²) in [7, 11) is 0. The zero-order chi connectivity index (χ0) is 21.6. The minimum absolute atomic E-state index is 0.140. The average molecular weight is 419 g/mol. The van der Waals surface area contributed by atoms with Crippen molar-refractivity contribution in [3.63, 3.8) is 0 Å². The lowest BCUT2D eigenvalue weighted by Gasteiger charge is -2.27. The Balaban J connectivity index is 1.39. The predicted octanol–water partition coefficient (Wildman–Crippen LogP) is 2.71. The second-order valence-electron chi connectivity index (χ2n) is 7.51. The smallest absolute Gasteiger partial charge is 0.267 e. The number of benzene rings is 1. The molecule has 3 heterocycles. The molecule has 1 aliphatic heterocycles. The Morgan fingerprint density at radius 1 is 1.03 bits per heavy atom. The molecule has 0 bridgehead atoms. The normalized spacial score (nSPS) is 13.6. The van der Waals surface area contributed by atoms with Crippen molar-refractivity contribution in [3.8, 4) is 0 Å². The maximum atomic E-state index is 12.2. The Kier molecular flexibility index (Phi) is 6.21. The molecule has 0 spiro atoms. The molecule has 1 aliphatic rings. The lowest BCUT2D eigenvalue weighted by molar-refractivity contribution is -0.117. The van der Waals surface area contributed by atoms with E-state index in [1.165, 1.54) is 37.6 Å². The van der Waals surface area contributed by atoms with E-state index in [1.807, 2.05) is 25.1 Å². The number of piperidine rings is 1. The number of nitrogens with zero attached hydrogens (tertiary/aromatic N) is 5. The number of hydrogen-bond donors (Lipinski definition) is 2. The Morgan fingerprint density at radius 2 is 1.77 bits per heavy atom. The van der Waals surface area contributed by atoms with E-state index in [2.05, 4.69) is 30.6 Å². The third-order valence-corrected chi connectivity index (χ3v) is 5.00. The third kappa shape index (κ3) is 5.44. The number of hydrogen-bond acceptors (Lipinski definition) is 7. The molecule has 1 amide bonds. The van der Waals surface area contributed by atoms with Gasteiger partial charge >= 0.3 is 0 Å². The van der Waals surface area contributed by atoms with Gasteiger partial charge in [-0.25, -0.2) is 9.67 Å². The standard InChI is InChI=1S/C22H25N7O2/c1-16-14-19(27-22(24-16)28-12-3-2-4-13-28)25-17-7-9-18(10-8-17)26-20(30)15-29-21(31)6-5-11-23-29/h5-11,14H,2-4,12-13,15H2,1H3,(H,26,30)(H,24,25,27). The van der Waals surface area contributed by atoms with E-state index in [0.29, 0.717) is 5.69 Å². The molecule has 0 saturated carbocycles. The molecular weight excluding hydrogens is 394 g/mol. The van der Waals surface area contributed by atoms with Crippen LogP contribution in [-0.4, -0.2) is 38.7 Å². The van der Waals surface area contributed by atoms with E-state index in [9.17, 15) is 9.59 Å². The number of carbonyl (C=O) groups is 1. The number of carbonyl (C=O) groups excluding carboxylic acids is 1. The highest BCUT2D eigenvalue weighted by atomic mass is 16.2. The van der Waals surface area contributed by atoms with Crippen LogP contribution in [0.4, 0.5) is 23.1 Å². The fourth-order valence-electron chi connectivity index (χ4n) is 3.48. The first-order valence-corrected chi connectivity index (χ1v) is 10.4. The lowest BCUT2D eigenvalue weighted by atomic mass is 10.1. The molecule has 2 N–H and O–H groups in total. The fraction of sp³-hybridized carbons (Fsp3) is 0.318. The van der Waals surface area contributed by atoms with Gasteiger partial charge in [0.1, 0.15) is 12.4 Å². The summed E-state index contributed by atoms with van der Waals surface area (Å²) in [6.07, 6.45) is 5.07. The molecule has 0 radical (unpaired) electrons. The van der Waals surface area contributed by atoms with Crippen molar-refractivity contribution in [2.45, 2.75) is 32.7 Å². The second-order valence-corrected chi connectivity index (χ2v) is 7.51. The average Bonchev–Trinajstić information content (AvgIpc) is 2.77.